The van der Waals surface area contributed by atoms with E-state index in [1.54, 1.807) is 20.8 Å². The minimum atomic E-state index is -0.727. The summed E-state index contributed by atoms with van der Waals surface area (Å²) in [5.41, 5.74) is 0.260. The van der Waals surface area contributed by atoms with Crippen molar-refractivity contribution in [1.82, 2.24) is 0 Å². The van der Waals surface area contributed by atoms with Crippen LogP contribution in [-0.4, -0.2) is 30.9 Å². The van der Waals surface area contributed by atoms with E-state index in [1.165, 1.54) is 0 Å². The third kappa shape index (κ3) is 7.63. The highest BCUT2D eigenvalue weighted by Crippen LogP contribution is 2.15. The van der Waals surface area contributed by atoms with Crippen molar-refractivity contribution in [1.29, 1.82) is 0 Å². The summed E-state index contributed by atoms with van der Waals surface area (Å²) >= 11 is 0. The monoisotopic (exact) mass is 298 g/mol. The Balaban J connectivity index is 4.94. The van der Waals surface area contributed by atoms with E-state index in [0.29, 0.717) is 12.0 Å². The maximum Gasteiger partial charge on any atom is 0.345 e. The van der Waals surface area contributed by atoms with E-state index in [2.05, 4.69) is 6.92 Å². The number of rotatable bonds is 10. The normalized spacial score (nSPS) is 9.90. The fourth-order valence-electron chi connectivity index (χ4n) is 1.88. The minimum absolute atomic E-state index is 0.0204. The fraction of sp³-hybridized carbons (Fsp3) is 0.688. The average Bonchev–Trinajstić information content (AvgIpc) is 2.39. The predicted octanol–water partition coefficient (Wildman–Crippen LogP) is 2.97. The number of carbonyl (C=O) groups is 3. The molecule has 0 aliphatic heterocycles. The lowest BCUT2D eigenvalue weighted by atomic mass is 10.0. The van der Waals surface area contributed by atoms with Gasteiger partial charge in [-0.1, -0.05) is 19.8 Å². The van der Waals surface area contributed by atoms with Gasteiger partial charge in [-0.3, -0.25) is 4.79 Å². The number of hydrogen-bond acceptors (Lipinski definition) is 5. The second-order valence-corrected chi connectivity index (χ2v) is 4.77. The molecule has 0 saturated heterocycles. The summed E-state index contributed by atoms with van der Waals surface area (Å²) in [6, 6.07) is 0. The summed E-state index contributed by atoms with van der Waals surface area (Å²) in [5.74, 6) is -1.43. The zero-order valence-corrected chi connectivity index (χ0v) is 13.5. The van der Waals surface area contributed by atoms with Crippen LogP contribution < -0.4 is 0 Å². The molecule has 0 aliphatic carbocycles. The number of hydrogen-bond donors (Lipinski definition) is 0. The molecule has 0 N–H and O–H groups in total. The first-order chi connectivity index (χ1) is 9.97. The smallest absolute Gasteiger partial charge is 0.345 e. The number of carbonyl (C=O) groups excluding carboxylic acids is 3. The predicted molar refractivity (Wildman–Crippen MR) is 79.7 cm³/mol. The third-order valence-electron chi connectivity index (χ3n) is 2.91. The van der Waals surface area contributed by atoms with E-state index in [1.807, 2.05) is 0 Å². The van der Waals surface area contributed by atoms with Crippen molar-refractivity contribution in [3.8, 4) is 0 Å². The zero-order valence-electron chi connectivity index (χ0n) is 13.5. The van der Waals surface area contributed by atoms with Gasteiger partial charge < -0.3 is 9.47 Å². The quantitative estimate of drug-likeness (QED) is 0.204. The first kappa shape index (κ1) is 19.4. The standard InChI is InChI=1S/C16H26O5/c1-5-8-9-10-13(17)11-12(4)14(15(18)20-6-2)16(19)21-7-3/h5-11H2,1-4H3. The molecule has 0 rings (SSSR count). The van der Waals surface area contributed by atoms with Gasteiger partial charge in [-0.2, -0.15) is 0 Å². The number of Topliss-reactive ketones (excluding diaryl/α,β-unsaturated/α-hetero) is 1. The van der Waals surface area contributed by atoms with Crippen LogP contribution in [0.2, 0.25) is 0 Å². The van der Waals surface area contributed by atoms with Crippen molar-refractivity contribution in [2.45, 2.75) is 59.8 Å². The van der Waals surface area contributed by atoms with Crippen LogP contribution in [0.3, 0.4) is 0 Å². The number of esters is 2. The lowest BCUT2D eigenvalue weighted by Gasteiger charge is -2.10. The summed E-state index contributed by atoms with van der Waals surface area (Å²) in [4.78, 5) is 35.6. The second-order valence-electron chi connectivity index (χ2n) is 4.77. The Bertz CT molecular complexity index is 375. The molecule has 0 amide bonds. The van der Waals surface area contributed by atoms with Crippen molar-refractivity contribution < 1.29 is 23.9 Å². The van der Waals surface area contributed by atoms with Crippen LogP contribution in [0.5, 0.6) is 0 Å². The van der Waals surface area contributed by atoms with E-state index in [0.717, 1.165) is 19.3 Å². The van der Waals surface area contributed by atoms with Crippen molar-refractivity contribution in [3.63, 3.8) is 0 Å². The van der Waals surface area contributed by atoms with Gasteiger partial charge in [0.25, 0.3) is 0 Å². The number of ketones is 1. The average molecular weight is 298 g/mol. The first-order valence-corrected chi connectivity index (χ1v) is 7.53. The third-order valence-corrected chi connectivity index (χ3v) is 2.91. The van der Waals surface area contributed by atoms with Gasteiger partial charge in [-0.15, -0.1) is 0 Å². The molecular weight excluding hydrogens is 272 g/mol. The summed E-state index contributed by atoms with van der Waals surface area (Å²) in [5, 5.41) is 0. The van der Waals surface area contributed by atoms with Gasteiger partial charge in [-0.25, -0.2) is 9.59 Å². The van der Waals surface area contributed by atoms with Gasteiger partial charge in [0.1, 0.15) is 11.4 Å². The second kappa shape index (κ2) is 11.1. The van der Waals surface area contributed by atoms with Crippen LogP contribution in [0, 0.1) is 0 Å². The van der Waals surface area contributed by atoms with E-state index in [4.69, 9.17) is 9.47 Å². The molecule has 0 radical (unpaired) electrons. The molecule has 0 aromatic heterocycles. The number of ether oxygens (including phenoxy) is 2. The zero-order chi connectivity index (χ0) is 16.3. The topological polar surface area (TPSA) is 69.7 Å². The molecule has 0 spiro atoms. The molecule has 0 unspecified atom stereocenters. The van der Waals surface area contributed by atoms with E-state index in [-0.39, 0.29) is 31.0 Å². The van der Waals surface area contributed by atoms with Gasteiger partial charge >= 0.3 is 11.9 Å². The summed E-state index contributed by atoms with van der Waals surface area (Å²) < 4.78 is 9.73. The molecule has 0 fully saturated rings. The van der Waals surface area contributed by atoms with E-state index in [9.17, 15) is 14.4 Å². The molecule has 0 aromatic carbocycles. The molecule has 120 valence electrons. The van der Waals surface area contributed by atoms with Crippen LogP contribution in [0.15, 0.2) is 11.1 Å². The highest BCUT2D eigenvalue weighted by molar-refractivity contribution is 6.15. The molecule has 0 aromatic rings. The lowest BCUT2D eigenvalue weighted by molar-refractivity contribution is -0.146. The highest BCUT2D eigenvalue weighted by atomic mass is 16.6. The summed E-state index contributed by atoms with van der Waals surface area (Å²) in [7, 11) is 0. The molecule has 0 heterocycles. The lowest BCUT2D eigenvalue weighted by Crippen LogP contribution is -2.20. The summed E-state index contributed by atoms with van der Waals surface area (Å²) in [6.07, 6.45) is 3.41. The molecular formula is C16H26O5. The van der Waals surface area contributed by atoms with Crippen molar-refractivity contribution in [3.05, 3.63) is 11.1 Å². The van der Waals surface area contributed by atoms with E-state index < -0.39 is 11.9 Å². The minimum Gasteiger partial charge on any atom is -0.462 e. The maximum atomic E-state index is 11.9. The number of unbranched alkanes of at least 4 members (excludes halogenated alkanes) is 2. The van der Waals surface area contributed by atoms with Crippen LogP contribution in [0.4, 0.5) is 0 Å². The molecule has 0 bridgehead atoms. The summed E-state index contributed by atoms with van der Waals surface area (Å²) in [6.45, 7) is 7.31. The van der Waals surface area contributed by atoms with Crippen molar-refractivity contribution in [2.24, 2.45) is 0 Å². The van der Waals surface area contributed by atoms with Crippen LogP contribution >= 0.6 is 0 Å². The number of allylic oxidation sites excluding steroid dienone is 1. The Morgan fingerprint density at radius 1 is 0.857 bits per heavy atom. The maximum absolute atomic E-state index is 11.9. The van der Waals surface area contributed by atoms with Crippen molar-refractivity contribution in [2.75, 3.05) is 13.2 Å². The largest absolute Gasteiger partial charge is 0.462 e. The Morgan fingerprint density at radius 2 is 1.38 bits per heavy atom. The first-order valence-electron chi connectivity index (χ1n) is 7.53. The molecule has 5 nitrogen and oxygen atoms in total. The molecule has 0 atom stereocenters. The van der Waals surface area contributed by atoms with Gasteiger partial charge in [0.05, 0.1) is 13.2 Å². The van der Waals surface area contributed by atoms with Gasteiger partial charge in [-0.05, 0) is 32.8 Å². The van der Waals surface area contributed by atoms with Gasteiger partial charge in [0.2, 0.25) is 0 Å². The highest BCUT2D eigenvalue weighted by Gasteiger charge is 2.24. The Labute approximate surface area is 126 Å². The van der Waals surface area contributed by atoms with Gasteiger partial charge in [0, 0.05) is 12.8 Å². The van der Waals surface area contributed by atoms with Crippen molar-refractivity contribution >= 4 is 17.7 Å². The fourth-order valence-corrected chi connectivity index (χ4v) is 1.88. The van der Waals surface area contributed by atoms with Crippen LogP contribution in [0.25, 0.3) is 0 Å². The molecule has 5 heteroatoms. The van der Waals surface area contributed by atoms with Crippen LogP contribution in [-0.2, 0) is 23.9 Å². The van der Waals surface area contributed by atoms with Crippen LogP contribution in [0.1, 0.15) is 59.8 Å². The SMILES string of the molecule is CCCCCC(=O)CC(C)=C(C(=O)OCC)C(=O)OCC. The molecule has 0 saturated carbocycles. The Hall–Kier alpha value is -1.65. The van der Waals surface area contributed by atoms with E-state index >= 15 is 0 Å². The molecule has 0 aliphatic rings. The molecule has 21 heavy (non-hydrogen) atoms. The Kier molecular flexibility index (Phi) is 10.2. The van der Waals surface area contributed by atoms with Gasteiger partial charge in [0.15, 0.2) is 0 Å². The Morgan fingerprint density at radius 3 is 1.81 bits per heavy atom.